The Morgan fingerprint density at radius 2 is 2.30 bits per heavy atom. The van der Waals surface area contributed by atoms with Crippen LogP contribution in [0.2, 0.25) is 0 Å². The minimum atomic E-state index is -0.340. The van der Waals surface area contributed by atoms with Gasteiger partial charge in [0, 0.05) is 5.41 Å². The molecule has 56 valence electrons. The molecule has 0 atom stereocenters. The number of hydrogen-bond acceptors (Lipinski definition) is 3. The van der Waals surface area contributed by atoms with Crippen molar-refractivity contribution >= 4 is 12.3 Å². The normalized spacial score (nSPS) is 19.7. The maximum Gasteiger partial charge on any atom is 0.306 e. The number of rotatable bonds is 3. The molecule has 0 aliphatic heterocycles. The van der Waals surface area contributed by atoms with Crippen LogP contribution in [-0.2, 0) is 14.3 Å². The zero-order valence-corrected chi connectivity index (χ0v) is 5.92. The third-order valence-corrected chi connectivity index (χ3v) is 1.87. The van der Waals surface area contributed by atoms with E-state index in [9.17, 15) is 9.59 Å². The van der Waals surface area contributed by atoms with Crippen molar-refractivity contribution in [3.05, 3.63) is 0 Å². The Hall–Kier alpha value is -0.860. The molecule has 0 aromatic heterocycles. The van der Waals surface area contributed by atoms with Gasteiger partial charge in [-0.2, -0.15) is 0 Å². The number of aldehydes is 1. The van der Waals surface area contributed by atoms with E-state index in [0.29, 0.717) is 0 Å². The van der Waals surface area contributed by atoms with Gasteiger partial charge in [0.15, 0.2) is 0 Å². The SMILES string of the molecule is COC(=O)CC1(C=O)CC1. The molecule has 1 rings (SSSR count). The molecule has 1 saturated carbocycles. The summed E-state index contributed by atoms with van der Waals surface area (Å²) in [5.74, 6) is -0.287. The molecular formula is C7H10O3. The number of carbonyl (C=O) groups is 2. The molecule has 0 spiro atoms. The van der Waals surface area contributed by atoms with Gasteiger partial charge in [-0.15, -0.1) is 0 Å². The van der Waals surface area contributed by atoms with E-state index in [2.05, 4.69) is 4.74 Å². The Bertz CT molecular complexity index is 158. The third kappa shape index (κ3) is 1.35. The quantitative estimate of drug-likeness (QED) is 0.426. The van der Waals surface area contributed by atoms with Crippen LogP contribution >= 0.6 is 0 Å². The smallest absolute Gasteiger partial charge is 0.306 e. The van der Waals surface area contributed by atoms with Crippen molar-refractivity contribution in [3.8, 4) is 0 Å². The van der Waals surface area contributed by atoms with Crippen LogP contribution < -0.4 is 0 Å². The predicted molar refractivity (Wildman–Crippen MR) is 34.4 cm³/mol. The summed E-state index contributed by atoms with van der Waals surface area (Å²) in [6, 6.07) is 0. The molecule has 0 radical (unpaired) electrons. The Morgan fingerprint density at radius 1 is 1.70 bits per heavy atom. The average molecular weight is 142 g/mol. The highest BCUT2D eigenvalue weighted by Gasteiger charge is 2.44. The Balaban J connectivity index is 2.37. The molecule has 0 aromatic carbocycles. The fourth-order valence-electron chi connectivity index (χ4n) is 0.856. The molecular weight excluding hydrogens is 132 g/mol. The molecule has 1 aliphatic rings. The molecule has 10 heavy (non-hydrogen) atoms. The van der Waals surface area contributed by atoms with Crippen molar-refractivity contribution in [3.63, 3.8) is 0 Å². The van der Waals surface area contributed by atoms with Gasteiger partial charge >= 0.3 is 5.97 Å². The molecule has 1 fully saturated rings. The van der Waals surface area contributed by atoms with Crippen LogP contribution in [0, 0.1) is 5.41 Å². The lowest BCUT2D eigenvalue weighted by atomic mass is 10.1. The predicted octanol–water partition coefficient (Wildman–Crippen LogP) is 0.529. The molecule has 0 bridgehead atoms. The van der Waals surface area contributed by atoms with E-state index >= 15 is 0 Å². The molecule has 0 saturated heterocycles. The summed E-state index contributed by atoms with van der Waals surface area (Å²) in [5.41, 5.74) is -0.340. The van der Waals surface area contributed by atoms with Crippen molar-refractivity contribution in [1.29, 1.82) is 0 Å². The molecule has 0 heterocycles. The summed E-state index contributed by atoms with van der Waals surface area (Å²) >= 11 is 0. The first-order valence-electron chi connectivity index (χ1n) is 3.26. The van der Waals surface area contributed by atoms with Crippen molar-refractivity contribution in [2.24, 2.45) is 5.41 Å². The Kier molecular flexibility index (Phi) is 1.74. The maximum atomic E-state index is 10.6. The summed E-state index contributed by atoms with van der Waals surface area (Å²) in [7, 11) is 1.34. The van der Waals surface area contributed by atoms with Crippen molar-refractivity contribution in [2.45, 2.75) is 19.3 Å². The molecule has 3 nitrogen and oxygen atoms in total. The van der Waals surface area contributed by atoms with Gasteiger partial charge in [0.05, 0.1) is 13.5 Å². The molecule has 0 aromatic rings. The summed E-state index contributed by atoms with van der Waals surface area (Å²) in [6.07, 6.45) is 2.80. The largest absolute Gasteiger partial charge is 0.469 e. The second-order valence-electron chi connectivity index (χ2n) is 2.73. The first kappa shape index (κ1) is 7.25. The van der Waals surface area contributed by atoms with E-state index in [1.807, 2.05) is 0 Å². The van der Waals surface area contributed by atoms with Gasteiger partial charge in [-0.25, -0.2) is 0 Å². The molecule has 0 amide bonds. The third-order valence-electron chi connectivity index (χ3n) is 1.87. The van der Waals surface area contributed by atoms with Crippen LogP contribution in [0.15, 0.2) is 0 Å². The van der Waals surface area contributed by atoms with Crippen LogP contribution in [0.1, 0.15) is 19.3 Å². The first-order chi connectivity index (χ1) is 4.72. The number of methoxy groups -OCH3 is 1. The van der Waals surface area contributed by atoms with E-state index in [-0.39, 0.29) is 17.8 Å². The summed E-state index contributed by atoms with van der Waals surface area (Å²) in [6.45, 7) is 0. The topological polar surface area (TPSA) is 43.4 Å². The highest BCUT2D eigenvalue weighted by molar-refractivity contribution is 5.77. The summed E-state index contributed by atoms with van der Waals surface area (Å²) < 4.78 is 4.43. The van der Waals surface area contributed by atoms with Crippen molar-refractivity contribution in [1.82, 2.24) is 0 Å². The zero-order chi connectivity index (χ0) is 7.61. The maximum absolute atomic E-state index is 10.6. The van der Waals surface area contributed by atoms with E-state index < -0.39 is 0 Å². The van der Waals surface area contributed by atoms with E-state index in [0.717, 1.165) is 19.1 Å². The lowest BCUT2D eigenvalue weighted by Crippen LogP contribution is -2.11. The Morgan fingerprint density at radius 3 is 2.60 bits per heavy atom. The number of ether oxygens (including phenoxy) is 1. The molecule has 1 aliphatic carbocycles. The fraction of sp³-hybridized carbons (Fsp3) is 0.714. The van der Waals surface area contributed by atoms with Crippen LogP contribution in [0.5, 0.6) is 0 Å². The molecule has 0 unspecified atom stereocenters. The minimum absolute atomic E-state index is 0.257. The van der Waals surface area contributed by atoms with E-state index in [4.69, 9.17) is 0 Å². The standard InChI is InChI=1S/C7H10O3/c1-10-6(9)4-7(5-8)2-3-7/h5H,2-4H2,1H3. The van der Waals surface area contributed by atoms with Crippen LogP contribution in [0.3, 0.4) is 0 Å². The first-order valence-corrected chi connectivity index (χ1v) is 3.26. The van der Waals surface area contributed by atoms with Crippen molar-refractivity contribution in [2.75, 3.05) is 7.11 Å². The summed E-state index contributed by atoms with van der Waals surface area (Å²) in [4.78, 5) is 21.0. The second kappa shape index (κ2) is 2.40. The van der Waals surface area contributed by atoms with E-state index in [1.54, 1.807) is 0 Å². The van der Waals surface area contributed by atoms with Crippen LogP contribution in [0.25, 0.3) is 0 Å². The number of esters is 1. The monoisotopic (exact) mass is 142 g/mol. The zero-order valence-electron chi connectivity index (χ0n) is 5.92. The Labute approximate surface area is 59.4 Å². The van der Waals surface area contributed by atoms with Crippen LogP contribution in [0.4, 0.5) is 0 Å². The van der Waals surface area contributed by atoms with Gasteiger partial charge in [-0.05, 0) is 12.8 Å². The van der Waals surface area contributed by atoms with Crippen molar-refractivity contribution < 1.29 is 14.3 Å². The summed E-state index contributed by atoms with van der Waals surface area (Å²) in [5, 5.41) is 0. The average Bonchev–Trinajstić information content (AvgIpc) is 2.70. The van der Waals surface area contributed by atoms with Gasteiger partial charge in [0.2, 0.25) is 0 Å². The molecule has 3 heteroatoms. The van der Waals surface area contributed by atoms with Gasteiger partial charge in [0.1, 0.15) is 6.29 Å². The van der Waals surface area contributed by atoms with Crippen LogP contribution in [-0.4, -0.2) is 19.4 Å². The molecule has 0 N–H and O–H groups in total. The van der Waals surface area contributed by atoms with Gasteiger partial charge in [-0.1, -0.05) is 0 Å². The second-order valence-corrected chi connectivity index (χ2v) is 2.73. The lowest BCUT2D eigenvalue weighted by molar-refractivity contribution is -0.143. The number of carbonyl (C=O) groups excluding carboxylic acids is 2. The van der Waals surface area contributed by atoms with Gasteiger partial charge in [0.25, 0.3) is 0 Å². The minimum Gasteiger partial charge on any atom is -0.469 e. The number of hydrogen-bond donors (Lipinski definition) is 0. The van der Waals surface area contributed by atoms with E-state index in [1.165, 1.54) is 7.11 Å². The highest BCUT2D eigenvalue weighted by Crippen LogP contribution is 2.46. The lowest BCUT2D eigenvalue weighted by Gasteiger charge is -2.02. The fourth-order valence-corrected chi connectivity index (χ4v) is 0.856. The highest BCUT2D eigenvalue weighted by atomic mass is 16.5. The van der Waals surface area contributed by atoms with Gasteiger partial charge < -0.3 is 9.53 Å². The van der Waals surface area contributed by atoms with Gasteiger partial charge in [-0.3, -0.25) is 4.79 Å².